The molecule has 0 spiro atoms. The van der Waals surface area contributed by atoms with Gasteiger partial charge in [0.2, 0.25) is 0 Å². The normalized spacial score (nSPS) is 30.2. The molecule has 2 aromatic rings. The highest BCUT2D eigenvalue weighted by molar-refractivity contribution is 6.30. The Morgan fingerprint density at radius 1 is 0.933 bits per heavy atom. The lowest BCUT2D eigenvalue weighted by molar-refractivity contribution is 0.0919. The molecule has 158 valence electrons. The fraction of sp³-hybridized carbons (Fsp3) is 0.600. The van der Waals surface area contributed by atoms with Crippen LogP contribution in [0, 0.1) is 11.8 Å². The van der Waals surface area contributed by atoms with E-state index in [0.29, 0.717) is 23.6 Å². The number of hydrogen-bond acceptors (Lipinski definition) is 2. The van der Waals surface area contributed by atoms with E-state index < -0.39 is 0 Å². The van der Waals surface area contributed by atoms with Crippen LogP contribution in [0.1, 0.15) is 97.8 Å². The van der Waals surface area contributed by atoms with Crippen molar-refractivity contribution >= 4 is 17.5 Å². The Bertz CT molecular complexity index is 946. The predicted octanol–water partition coefficient (Wildman–Crippen LogP) is 5.98. The average Bonchev–Trinajstić information content (AvgIpc) is 3.07. The van der Waals surface area contributed by atoms with Gasteiger partial charge in [0, 0.05) is 22.5 Å². The number of benzene rings is 1. The molecule has 2 unspecified atom stereocenters. The summed E-state index contributed by atoms with van der Waals surface area (Å²) in [5.74, 6) is 2.69. The molecule has 2 atom stereocenters. The van der Waals surface area contributed by atoms with E-state index in [4.69, 9.17) is 16.7 Å². The minimum atomic E-state index is 0.0482. The van der Waals surface area contributed by atoms with E-state index >= 15 is 0 Å². The minimum absolute atomic E-state index is 0.0482. The first-order valence-electron chi connectivity index (χ1n) is 11.9. The van der Waals surface area contributed by atoms with E-state index in [0.717, 1.165) is 35.4 Å². The smallest absolute Gasteiger partial charge is 0.272 e. The van der Waals surface area contributed by atoms with E-state index in [2.05, 4.69) is 10.00 Å². The van der Waals surface area contributed by atoms with Crippen LogP contribution in [0.15, 0.2) is 24.3 Å². The van der Waals surface area contributed by atoms with Gasteiger partial charge in [0.1, 0.15) is 0 Å². The van der Waals surface area contributed by atoms with Crippen LogP contribution in [0.4, 0.5) is 0 Å². The number of nitrogens with one attached hydrogen (secondary N) is 1. The fourth-order valence-electron chi connectivity index (χ4n) is 7.00. The Hall–Kier alpha value is -1.81. The molecule has 0 saturated heterocycles. The maximum Gasteiger partial charge on any atom is 0.272 e. The number of amides is 1. The van der Waals surface area contributed by atoms with Gasteiger partial charge in [0.25, 0.3) is 5.91 Å². The van der Waals surface area contributed by atoms with E-state index in [1.807, 2.05) is 24.3 Å². The molecule has 1 heterocycles. The third-order valence-electron chi connectivity index (χ3n) is 8.12. The number of carbonyl (C=O) groups is 1. The van der Waals surface area contributed by atoms with Gasteiger partial charge in [-0.2, -0.15) is 5.10 Å². The van der Waals surface area contributed by atoms with Crippen molar-refractivity contribution in [2.24, 2.45) is 11.8 Å². The van der Waals surface area contributed by atoms with Crippen molar-refractivity contribution < 1.29 is 4.79 Å². The molecule has 5 heteroatoms. The van der Waals surface area contributed by atoms with Crippen LogP contribution in [-0.2, 0) is 0 Å². The minimum Gasteiger partial charge on any atom is -0.348 e. The van der Waals surface area contributed by atoms with Gasteiger partial charge in [-0.05, 0) is 87.0 Å². The summed E-state index contributed by atoms with van der Waals surface area (Å²) in [5.41, 5.74) is 4.31. The molecule has 0 aliphatic heterocycles. The lowest BCUT2D eigenvalue weighted by Gasteiger charge is -2.38. The molecule has 30 heavy (non-hydrogen) atoms. The van der Waals surface area contributed by atoms with E-state index in [1.165, 1.54) is 62.6 Å². The first kappa shape index (κ1) is 18.9. The van der Waals surface area contributed by atoms with Gasteiger partial charge < -0.3 is 5.32 Å². The van der Waals surface area contributed by atoms with Crippen molar-refractivity contribution in [1.29, 1.82) is 0 Å². The fourth-order valence-corrected chi connectivity index (χ4v) is 7.12. The van der Waals surface area contributed by atoms with Crippen molar-refractivity contribution in [3.63, 3.8) is 0 Å². The standard InChI is InChI=1S/C25H30ClN3O/c26-19-6-8-21(9-7-19)29-24-18-13-15-10-16(14-18)12-17(11-15)22(24)23(28-29)25(30)27-20-4-2-1-3-5-20/h6-9,15-18,20H,1-5,10-14H2,(H,27,30). The zero-order valence-electron chi connectivity index (χ0n) is 17.4. The Kier molecular flexibility index (Phi) is 4.67. The second-order valence-corrected chi connectivity index (χ2v) is 10.6. The molecule has 5 aliphatic carbocycles. The second-order valence-electron chi connectivity index (χ2n) is 10.1. The Labute approximate surface area is 183 Å². The van der Waals surface area contributed by atoms with Gasteiger partial charge in [-0.15, -0.1) is 0 Å². The van der Waals surface area contributed by atoms with Crippen LogP contribution in [-0.4, -0.2) is 21.7 Å². The van der Waals surface area contributed by atoms with Crippen LogP contribution >= 0.6 is 11.6 Å². The highest BCUT2D eigenvalue weighted by atomic mass is 35.5. The largest absolute Gasteiger partial charge is 0.348 e. The number of halogens is 1. The van der Waals surface area contributed by atoms with Crippen LogP contribution in [0.25, 0.3) is 5.69 Å². The zero-order valence-corrected chi connectivity index (χ0v) is 18.2. The summed E-state index contributed by atoms with van der Waals surface area (Å²) >= 11 is 6.15. The number of rotatable bonds is 3. The first-order chi connectivity index (χ1) is 14.7. The Balaban J connectivity index is 1.45. The van der Waals surface area contributed by atoms with Gasteiger partial charge in [-0.3, -0.25) is 4.79 Å². The highest BCUT2D eigenvalue weighted by Crippen LogP contribution is 2.57. The Morgan fingerprint density at radius 3 is 2.30 bits per heavy atom. The molecule has 1 aromatic carbocycles. The van der Waals surface area contributed by atoms with Crippen molar-refractivity contribution in [3.05, 3.63) is 46.2 Å². The monoisotopic (exact) mass is 423 g/mol. The molecule has 1 aromatic heterocycles. The van der Waals surface area contributed by atoms with Crippen LogP contribution < -0.4 is 5.32 Å². The summed E-state index contributed by atoms with van der Waals surface area (Å²) in [4.78, 5) is 13.5. The summed E-state index contributed by atoms with van der Waals surface area (Å²) in [7, 11) is 0. The zero-order chi connectivity index (χ0) is 20.2. The van der Waals surface area contributed by atoms with Crippen molar-refractivity contribution in [2.45, 2.75) is 82.1 Å². The third kappa shape index (κ3) is 3.19. The maximum absolute atomic E-state index is 13.5. The van der Waals surface area contributed by atoms with Gasteiger partial charge >= 0.3 is 0 Å². The quantitative estimate of drug-likeness (QED) is 0.660. The van der Waals surface area contributed by atoms with Crippen LogP contribution in [0.5, 0.6) is 0 Å². The van der Waals surface area contributed by atoms with E-state index in [-0.39, 0.29) is 5.91 Å². The van der Waals surface area contributed by atoms with Crippen LogP contribution in [0.3, 0.4) is 0 Å². The number of aromatic nitrogens is 2. The highest BCUT2D eigenvalue weighted by Gasteiger charge is 2.46. The SMILES string of the molecule is O=C(NC1CCCCC1)c1nn(-c2ccc(Cl)cc2)c2c1C1CC3CC(C1)CC2C3. The van der Waals surface area contributed by atoms with E-state index in [9.17, 15) is 4.79 Å². The topological polar surface area (TPSA) is 46.9 Å². The van der Waals surface area contributed by atoms with Crippen molar-refractivity contribution in [2.75, 3.05) is 0 Å². The number of carbonyl (C=O) groups excluding carboxylic acids is 1. The van der Waals surface area contributed by atoms with E-state index in [1.54, 1.807) is 0 Å². The number of hydrogen-bond donors (Lipinski definition) is 1. The molecule has 3 fully saturated rings. The first-order valence-corrected chi connectivity index (χ1v) is 12.2. The van der Waals surface area contributed by atoms with Gasteiger partial charge in [-0.1, -0.05) is 30.9 Å². The molecular formula is C25H30ClN3O. The molecule has 1 amide bonds. The lowest BCUT2D eigenvalue weighted by atomic mass is 9.67. The van der Waals surface area contributed by atoms with Crippen molar-refractivity contribution in [3.8, 4) is 5.69 Å². The van der Waals surface area contributed by atoms with Gasteiger partial charge in [-0.25, -0.2) is 4.68 Å². The summed E-state index contributed by atoms with van der Waals surface area (Å²) < 4.78 is 2.09. The molecule has 1 N–H and O–H groups in total. The summed E-state index contributed by atoms with van der Waals surface area (Å²) in [6, 6.07) is 8.23. The maximum atomic E-state index is 13.5. The summed E-state index contributed by atoms with van der Waals surface area (Å²) in [6.07, 6.45) is 12.3. The lowest BCUT2D eigenvalue weighted by Crippen LogP contribution is -2.37. The molecule has 4 bridgehead atoms. The number of nitrogens with zero attached hydrogens (tertiary/aromatic N) is 2. The summed E-state index contributed by atoms with van der Waals surface area (Å²) in [5, 5.41) is 9.06. The molecule has 7 rings (SSSR count). The Morgan fingerprint density at radius 2 is 1.60 bits per heavy atom. The van der Waals surface area contributed by atoms with Crippen LogP contribution in [0.2, 0.25) is 5.02 Å². The third-order valence-corrected chi connectivity index (χ3v) is 8.37. The average molecular weight is 424 g/mol. The molecule has 5 aliphatic rings. The molecule has 4 nitrogen and oxygen atoms in total. The van der Waals surface area contributed by atoms with Gasteiger partial charge in [0.05, 0.1) is 11.4 Å². The van der Waals surface area contributed by atoms with Gasteiger partial charge in [0.15, 0.2) is 5.69 Å². The second kappa shape index (κ2) is 7.40. The van der Waals surface area contributed by atoms with Crippen molar-refractivity contribution in [1.82, 2.24) is 15.1 Å². The summed E-state index contributed by atoms with van der Waals surface area (Å²) in [6.45, 7) is 0. The molecule has 3 saturated carbocycles. The predicted molar refractivity (Wildman–Crippen MR) is 118 cm³/mol. The molecule has 0 radical (unpaired) electrons. The molecular weight excluding hydrogens is 394 g/mol.